The summed E-state index contributed by atoms with van der Waals surface area (Å²) in [5.41, 5.74) is 2.26. The Kier molecular flexibility index (Phi) is 6.22. The minimum Gasteiger partial charge on any atom is -0.309 e. The highest BCUT2D eigenvalue weighted by Crippen LogP contribution is 2.14. The monoisotopic (exact) mass is 193 g/mol. The Morgan fingerprint density at radius 1 is 1.29 bits per heavy atom. The van der Waals surface area contributed by atoms with E-state index >= 15 is 0 Å². The van der Waals surface area contributed by atoms with Gasteiger partial charge in [0.05, 0.1) is 0 Å². The van der Waals surface area contributed by atoms with Crippen LogP contribution in [0.3, 0.4) is 0 Å². The summed E-state index contributed by atoms with van der Waals surface area (Å²) < 4.78 is 0. The number of hydrogen-bond donors (Lipinski definition) is 0. The molecule has 0 aliphatic heterocycles. The first-order valence-electron chi connectivity index (χ1n) is 5.10. The van der Waals surface area contributed by atoms with Crippen LogP contribution in [0.15, 0.2) is 36.5 Å². The number of nitrogens with zero attached hydrogens (tertiary/aromatic N) is 1. The first kappa shape index (κ1) is 13.2. The van der Waals surface area contributed by atoms with Crippen molar-refractivity contribution in [3.63, 3.8) is 0 Å². The molecular weight excluding hydrogens is 170 g/mol. The molecule has 0 bridgehead atoms. The first-order valence-corrected chi connectivity index (χ1v) is 5.10. The van der Waals surface area contributed by atoms with E-state index in [1.54, 1.807) is 0 Å². The van der Waals surface area contributed by atoms with E-state index in [2.05, 4.69) is 45.2 Å². The normalized spacial score (nSPS) is 13.5. The van der Waals surface area contributed by atoms with E-state index in [-0.39, 0.29) is 0 Å². The van der Waals surface area contributed by atoms with Crippen LogP contribution in [-0.4, -0.2) is 25.5 Å². The Morgan fingerprint density at radius 2 is 1.86 bits per heavy atom. The van der Waals surface area contributed by atoms with Crippen molar-refractivity contribution in [2.75, 3.05) is 20.6 Å². The Hall–Kier alpha value is -0.820. The number of hydrogen-bond acceptors (Lipinski definition) is 1. The summed E-state index contributed by atoms with van der Waals surface area (Å²) in [5.74, 6) is 0.549. The molecule has 0 aromatic heterocycles. The van der Waals surface area contributed by atoms with E-state index in [1.807, 2.05) is 13.0 Å². The fraction of sp³-hybridized carbons (Fsp3) is 0.538. The summed E-state index contributed by atoms with van der Waals surface area (Å²) in [5, 5.41) is 0. The van der Waals surface area contributed by atoms with Gasteiger partial charge in [-0.3, -0.25) is 0 Å². The molecular formula is C13H23N. The van der Waals surface area contributed by atoms with Crippen LogP contribution in [0.2, 0.25) is 0 Å². The van der Waals surface area contributed by atoms with Crippen LogP contribution in [0.1, 0.15) is 20.3 Å². The van der Waals surface area contributed by atoms with Gasteiger partial charge in [0.2, 0.25) is 0 Å². The van der Waals surface area contributed by atoms with Crippen molar-refractivity contribution in [1.82, 2.24) is 4.90 Å². The van der Waals surface area contributed by atoms with E-state index in [0.29, 0.717) is 5.92 Å². The molecule has 0 saturated heterocycles. The predicted octanol–water partition coefficient (Wildman–Crippen LogP) is 3.26. The lowest BCUT2D eigenvalue weighted by Crippen LogP contribution is -2.15. The highest BCUT2D eigenvalue weighted by molar-refractivity contribution is 5.24. The summed E-state index contributed by atoms with van der Waals surface area (Å²) in [4.78, 5) is 2.20. The SMILES string of the molecule is C=C(C)/C=C\C(=C)C(C)CCN(C)C. The first-order chi connectivity index (χ1) is 6.43. The summed E-state index contributed by atoms with van der Waals surface area (Å²) in [6, 6.07) is 0. The molecule has 1 heteroatoms. The molecule has 14 heavy (non-hydrogen) atoms. The van der Waals surface area contributed by atoms with E-state index < -0.39 is 0 Å². The largest absolute Gasteiger partial charge is 0.309 e. The minimum atomic E-state index is 0.549. The van der Waals surface area contributed by atoms with Crippen LogP contribution in [-0.2, 0) is 0 Å². The maximum atomic E-state index is 4.06. The summed E-state index contributed by atoms with van der Waals surface area (Å²) in [6.45, 7) is 13.2. The molecule has 0 heterocycles. The lowest BCUT2D eigenvalue weighted by atomic mass is 9.98. The molecule has 0 aliphatic rings. The van der Waals surface area contributed by atoms with Gasteiger partial charge in [0.25, 0.3) is 0 Å². The molecule has 0 aromatic rings. The Morgan fingerprint density at radius 3 is 2.29 bits per heavy atom. The fourth-order valence-electron chi connectivity index (χ4n) is 1.05. The Bertz CT molecular complexity index is 223. The average Bonchev–Trinajstić information content (AvgIpc) is 2.09. The van der Waals surface area contributed by atoms with Gasteiger partial charge in [-0.15, -0.1) is 0 Å². The van der Waals surface area contributed by atoms with Gasteiger partial charge in [-0.1, -0.05) is 43.4 Å². The zero-order valence-electron chi connectivity index (χ0n) is 10.0. The summed E-state index contributed by atoms with van der Waals surface area (Å²) in [6.07, 6.45) is 5.25. The van der Waals surface area contributed by atoms with Gasteiger partial charge in [0, 0.05) is 0 Å². The Balaban J connectivity index is 3.93. The highest BCUT2D eigenvalue weighted by Gasteiger charge is 2.03. The molecule has 1 unspecified atom stereocenters. The van der Waals surface area contributed by atoms with Gasteiger partial charge in [0.15, 0.2) is 0 Å². The van der Waals surface area contributed by atoms with Crippen molar-refractivity contribution in [2.24, 2.45) is 5.92 Å². The van der Waals surface area contributed by atoms with Crippen LogP contribution < -0.4 is 0 Å². The molecule has 0 saturated carbocycles. The predicted molar refractivity (Wildman–Crippen MR) is 65.4 cm³/mol. The van der Waals surface area contributed by atoms with Crippen molar-refractivity contribution >= 4 is 0 Å². The van der Waals surface area contributed by atoms with E-state index in [9.17, 15) is 0 Å². The molecule has 0 rings (SSSR count). The second kappa shape index (κ2) is 6.61. The summed E-state index contributed by atoms with van der Waals surface area (Å²) in [7, 11) is 4.19. The highest BCUT2D eigenvalue weighted by atomic mass is 15.0. The zero-order valence-corrected chi connectivity index (χ0v) is 10.0. The maximum absolute atomic E-state index is 4.06. The quantitative estimate of drug-likeness (QED) is 0.585. The molecule has 0 aromatic carbocycles. The van der Waals surface area contributed by atoms with Crippen molar-refractivity contribution in [1.29, 1.82) is 0 Å². The van der Waals surface area contributed by atoms with Crippen LogP contribution in [0.5, 0.6) is 0 Å². The van der Waals surface area contributed by atoms with Crippen molar-refractivity contribution < 1.29 is 0 Å². The van der Waals surface area contributed by atoms with Gasteiger partial charge in [-0.05, 0) is 39.9 Å². The molecule has 1 nitrogen and oxygen atoms in total. The molecule has 0 amide bonds. The molecule has 1 atom stereocenters. The van der Waals surface area contributed by atoms with Gasteiger partial charge < -0.3 is 4.90 Å². The molecule has 0 radical (unpaired) electrons. The second-order valence-electron chi connectivity index (χ2n) is 4.25. The zero-order chi connectivity index (χ0) is 11.1. The standard InChI is InChI=1S/C13H23N/c1-11(2)7-8-12(3)13(4)9-10-14(5)6/h7-8,13H,1,3,9-10H2,2,4-6H3/b8-7-. The smallest absolute Gasteiger partial charge is 0.00191 e. The van der Waals surface area contributed by atoms with Crippen LogP contribution in [0.4, 0.5) is 0 Å². The van der Waals surface area contributed by atoms with Crippen LogP contribution in [0.25, 0.3) is 0 Å². The van der Waals surface area contributed by atoms with Gasteiger partial charge >= 0.3 is 0 Å². The van der Waals surface area contributed by atoms with E-state index in [1.165, 1.54) is 5.57 Å². The third kappa shape index (κ3) is 6.67. The topological polar surface area (TPSA) is 3.24 Å². The fourth-order valence-corrected chi connectivity index (χ4v) is 1.05. The van der Waals surface area contributed by atoms with Crippen molar-refractivity contribution in [3.8, 4) is 0 Å². The maximum Gasteiger partial charge on any atom is -0.00191 e. The third-order valence-electron chi connectivity index (χ3n) is 2.22. The van der Waals surface area contributed by atoms with Crippen molar-refractivity contribution in [3.05, 3.63) is 36.5 Å². The lowest BCUT2D eigenvalue weighted by molar-refractivity contribution is 0.377. The summed E-state index contributed by atoms with van der Waals surface area (Å²) >= 11 is 0. The van der Waals surface area contributed by atoms with E-state index in [0.717, 1.165) is 18.5 Å². The van der Waals surface area contributed by atoms with Gasteiger partial charge in [-0.25, -0.2) is 0 Å². The minimum absolute atomic E-state index is 0.549. The third-order valence-corrected chi connectivity index (χ3v) is 2.22. The molecule has 0 aliphatic carbocycles. The number of rotatable bonds is 6. The van der Waals surface area contributed by atoms with Crippen LogP contribution >= 0.6 is 0 Å². The lowest BCUT2D eigenvalue weighted by Gasteiger charge is -2.15. The second-order valence-corrected chi connectivity index (χ2v) is 4.25. The van der Waals surface area contributed by atoms with Crippen LogP contribution in [0, 0.1) is 5.92 Å². The average molecular weight is 193 g/mol. The Labute approximate surface area is 88.8 Å². The van der Waals surface area contributed by atoms with Gasteiger partial charge in [-0.2, -0.15) is 0 Å². The van der Waals surface area contributed by atoms with E-state index in [4.69, 9.17) is 0 Å². The van der Waals surface area contributed by atoms with Crippen molar-refractivity contribution in [2.45, 2.75) is 20.3 Å². The van der Waals surface area contributed by atoms with Gasteiger partial charge in [0.1, 0.15) is 0 Å². The molecule has 80 valence electrons. The molecule has 0 fully saturated rings. The molecule has 0 N–H and O–H groups in total. The molecule has 0 spiro atoms. The number of allylic oxidation sites excluding steroid dienone is 4.